The third kappa shape index (κ3) is 4.45. The van der Waals surface area contributed by atoms with Crippen molar-refractivity contribution in [3.8, 4) is 0 Å². The van der Waals surface area contributed by atoms with Crippen molar-refractivity contribution in [3.63, 3.8) is 0 Å². The van der Waals surface area contributed by atoms with Crippen molar-refractivity contribution >= 4 is 15.9 Å². The van der Waals surface area contributed by atoms with Gasteiger partial charge in [-0.25, -0.2) is 8.42 Å². The molecule has 1 N–H and O–H groups in total. The quantitative estimate of drug-likeness (QED) is 0.844. The predicted molar refractivity (Wildman–Crippen MR) is 101 cm³/mol. The zero-order valence-corrected chi connectivity index (χ0v) is 16.3. The minimum Gasteiger partial charge on any atom is -0.342 e. The van der Waals surface area contributed by atoms with Gasteiger partial charge in [0.2, 0.25) is 15.9 Å². The fourth-order valence-corrected chi connectivity index (χ4v) is 5.25. The van der Waals surface area contributed by atoms with Crippen LogP contribution in [0.15, 0.2) is 29.2 Å². The van der Waals surface area contributed by atoms with Gasteiger partial charge in [0.25, 0.3) is 0 Å². The van der Waals surface area contributed by atoms with Gasteiger partial charge in [0.05, 0.1) is 11.3 Å². The van der Waals surface area contributed by atoms with Gasteiger partial charge < -0.3 is 10.2 Å². The lowest BCUT2D eigenvalue weighted by atomic mass is 10.0. The summed E-state index contributed by atoms with van der Waals surface area (Å²) in [6.07, 6.45) is 5.22. The van der Waals surface area contributed by atoms with E-state index in [1.165, 1.54) is 0 Å². The molecule has 2 aliphatic rings. The molecule has 0 aromatic heterocycles. The molecule has 7 heteroatoms. The molecule has 3 rings (SSSR count). The molecular weight excluding hydrogens is 350 g/mol. The van der Waals surface area contributed by atoms with E-state index in [2.05, 4.69) is 5.32 Å². The van der Waals surface area contributed by atoms with E-state index in [1.54, 1.807) is 28.6 Å². The van der Waals surface area contributed by atoms with Crippen LogP contribution >= 0.6 is 0 Å². The van der Waals surface area contributed by atoms with Gasteiger partial charge in [-0.3, -0.25) is 4.79 Å². The van der Waals surface area contributed by atoms with Crippen molar-refractivity contribution in [3.05, 3.63) is 29.8 Å². The summed E-state index contributed by atoms with van der Waals surface area (Å²) in [5, 5.41) is 3.31. The molecule has 1 aromatic carbocycles. The van der Waals surface area contributed by atoms with Gasteiger partial charge in [-0.15, -0.1) is 0 Å². The molecule has 0 spiro atoms. The number of nitrogens with one attached hydrogen (secondary N) is 1. The highest BCUT2D eigenvalue weighted by Gasteiger charge is 2.26. The number of benzene rings is 1. The Morgan fingerprint density at radius 2 is 1.73 bits per heavy atom. The maximum absolute atomic E-state index is 12.7. The average Bonchev–Trinajstić information content (AvgIpc) is 2.69. The van der Waals surface area contributed by atoms with Crippen LogP contribution in [0.5, 0.6) is 0 Å². The van der Waals surface area contributed by atoms with E-state index in [-0.39, 0.29) is 5.91 Å². The lowest BCUT2D eigenvalue weighted by molar-refractivity contribution is -0.131. The van der Waals surface area contributed by atoms with Gasteiger partial charge in [0, 0.05) is 26.2 Å². The summed E-state index contributed by atoms with van der Waals surface area (Å²) in [6.45, 7) is 3.10. The van der Waals surface area contributed by atoms with E-state index < -0.39 is 10.0 Å². The van der Waals surface area contributed by atoms with E-state index >= 15 is 0 Å². The van der Waals surface area contributed by atoms with Crippen molar-refractivity contribution in [1.82, 2.24) is 14.5 Å². The van der Waals surface area contributed by atoms with Crippen molar-refractivity contribution in [2.75, 3.05) is 33.2 Å². The van der Waals surface area contributed by atoms with Gasteiger partial charge >= 0.3 is 0 Å². The van der Waals surface area contributed by atoms with Crippen LogP contribution in [0.2, 0.25) is 0 Å². The summed E-state index contributed by atoms with van der Waals surface area (Å²) in [5.74, 6) is 0.0866. The van der Waals surface area contributed by atoms with Crippen LogP contribution in [-0.4, -0.2) is 62.8 Å². The second-order valence-corrected chi connectivity index (χ2v) is 9.21. The van der Waals surface area contributed by atoms with E-state index in [0.29, 0.717) is 30.4 Å². The van der Waals surface area contributed by atoms with Crippen LogP contribution in [0.3, 0.4) is 0 Å². The highest BCUT2D eigenvalue weighted by Crippen LogP contribution is 2.21. The SMILES string of the molecule is CN(C(=O)Cc1ccc(S(=O)(=O)N2CCCCC2)cc1)C1CCNCC1. The molecule has 0 aliphatic carbocycles. The van der Waals surface area contributed by atoms with Crippen molar-refractivity contribution < 1.29 is 13.2 Å². The molecule has 0 radical (unpaired) electrons. The molecule has 1 amide bonds. The standard InChI is InChI=1S/C19H29N3O3S/c1-21(17-9-11-20-12-10-17)19(23)15-16-5-7-18(8-6-16)26(24,25)22-13-3-2-4-14-22/h5-8,17,20H,2-4,9-15H2,1H3. The maximum Gasteiger partial charge on any atom is 0.243 e. The number of carbonyl (C=O) groups is 1. The number of nitrogens with zero attached hydrogens (tertiary/aromatic N) is 2. The second-order valence-electron chi connectivity index (χ2n) is 7.27. The number of likely N-dealkylation sites (N-methyl/N-ethyl adjacent to an activating group) is 1. The molecule has 2 aliphatic heterocycles. The van der Waals surface area contributed by atoms with Crippen LogP contribution in [0.1, 0.15) is 37.7 Å². The summed E-state index contributed by atoms with van der Waals surface area (Å²) < 4.78 is 26.9. The normalized spacial score (nSPS) is 20.0. The number of piperidine rings is 2. The first-order valence-electron chi connectivity index (χ1n) is 9.54. The second kappa shape index (κ2) is 8.50. The van der Waals surface area contributed by atoms with Gasteiger partial charge in [-0.05, 0) is 56.5 Å². The van der Waals surface area contributed by atoms with Crippen molar-refractivity contribution in [2.24, 2.45) is 0 Å². The first-order valence-corrected chi connectivity index (χ1v) is 11.0. The van der Waals surface area contributed by atoms with E-state index in [1.807, 2.05) is 11.9 Å². The molecule has 0 saturated carbocycles. The molecule has 26 heavy (non-hydrogen) atoms. The van der Waals surface area contributed by atoms with Crippen LogP contribution in [0, 0.1) is 0 Å². The molecule has 144 valence electrons. The van der Waals surface area contributed by atoms with Gasteiger partial charge in [-0.1, -0.05) is 18.6 Å². The van der Waals surface area contributed by atoms with E-state index in [0.717, 1.165) is 50.8 Å². The Morgan fingerprint density at radius 1 is 1.12 bits per heavy atom. The highest BCUT2D eigenvalue weighted by atomic mass is 32.2. The van der Waals surface area contributed by atoms with E-state index in [9.17, 15) is 13.2 Å². The lowest BCUT2D eigenvalue weighted by Gasteiger charge is -2.31. The first-order chi connectivity index (χ1) is 12.5. The molecule has 6 nitrogen and oxygen atoms in total. The van der Waals surface area contributed by atoms with Crippen molar-refractivity contribution in [1.29, 1.82) is 0 Å². The predicted octanol–water partition coefficient (Wildman–Crippen LogP) is 1.61. The topological polar surface area (TPSA) is 69.7 Å². The van der Waals surface area contributed by atoms with Crippen LogP contribution in [-0.2, 0) is 21.2 Å². The monoisotopic (exact) mass is 379 g/mol. The maximum atomic E-state index is 12.7. The fourth-order valence-electron chi connectivity index (χ4n) is 3.73. The Balaban J connectivity index is 1.62. The molecule has 0 unspecified atom stereocenters. The number of rotatable bonds is 5. The Labute approximate surface area is 156 Å². The minimum atomic E-state index is -3.41. The third-order valence-electron chi connectivity index (χ3n) is 5.48. The third-order valence-corrected chi connectivity index (χ3v) is 7.39. The fraction of sp³-hybridized carbons (Fsp3) is 0.632. The molecule has 0 atom stereocenters. The molecule has 2 heterocycles. The molecule has 0 bridgehead atoms. The van der Waals surface area contributed by atoms with Crippen LogP contribution in [0.4, 0.5) is 0 Å². The Morgan fingerprint density at radius 3 is 2.35 bits per heavy atom. The summed E-state index contributed by atoms with van der Waals surface area (Å²) in [4.78, 5) is 14.7. The summed E-state index contributed by atoms with van der Waals surface area (Å²) in [6, 6.07) is 7.10. The Kier molecular flexibility index (Phi) is 6.32. The van der Waals surface area contributed by atoms with Gasteiger partial charge in [0.15, 0.2) is 0 Å². The van der Waals surface area contributed by atoms with Gasteiger partial charge in [-0.2, -0.15) is 4.31 Å². The first kappa shape index (κ1) is 19.3. The molecule has 2 fully saturated rings. The summed E-state index contributed by atoms with van der Waals surface area (Å²) >= 11 is 0. The number of hydrogen-bond acceptors (Lipinski definition) is 4. The van der Waals surface area contributed by atoms with Crippen LogP contribution in [0.25, 0.3) is 0 Å². The highest BCUT2D eigenvalue weighted by molar-refractivity contribution is 7.89. The lowest BCUT2D eigenvalue weighted by Crippen LogP contribution is -2.44. The Hall–Kier alpha value is -1.44. The molecule has 1 aromatic rings. The molecule has 2 saturated heterocycles. The van der Waals surface area contributed by atoms with E-state index in [4.69, 9.17) is 0 Å². The average molecular weight is 380 g/mol. The summed E-state index contributed by atoms with van der Waals surface area (Å²) in [7, 11) is -1.54. The minimum absolute atomic E-state index is 0.0866. The van der Waals surface area contributed by atoms with Crippen LogP contribution < -0.4 is 5.32 Å². The zero-order chi connectivity index (χ0) is 18.6. The Bertz CT molecular complexity index is 706. The smallest absolute Gasteiger partial charge is 0.243 e. The zero-order valence-electron chi connectivity index (χ0n) is 15.5. The number of hydrogen-bond donors (Lipinski definition) is 1. The van der Waals surface area contributed by atoms with Gasteiger partial charge in [0.1, 0.15) is 0 Å². The number of amides is 1. The largest absolute Gasteiger partial charge is 0.342 e. The van der Waals surface area contributed by atoms with Crippen molar-refractivity contribution in [2.45, 2.75) is 49.5 Å². The molecular formula is C19H29N3O3S. The summed E-state index contributed by atoms with van der Waals surface area (Å²) in [5.41, 5.74) is 0.855. The number of sulfonamides is 1. The number of carbonyl (C=O) groups excluding carboxylic acids is 1.